The molecule has 13 N–H and O–H groups in total. The van der Waals surface area contributed by atoms with Crippen LogP contribution >= 0.6 is 0 Å². The van der Waals surface area contributed by atoms with Crippen molar-refractivity contribution >= 4 is 0 Å². The number of likely N-dealkylation sites (N-methyl/N-ethyl adjacent to an activating group) is 1. The number of rotatable bonds is 12. The summed E-state index contributed by atoms with van der Waals surface area (Å²) in [5.41, 5.74) is 11.6. The SMILES string of the molecule is CN[C@@H]1[C@@H](O)[C@@H](O[C@H]2[C@H](NC(CO)CO)C[C@H](N)C([C@H]3OC(CNCCO)=CC[C@H]3N)[C@@H]2O)OC[C@]1(C)O. The van der Waals surface area contributed by atoms with Crippen LogP contribution in [-0.2, 0) is 14.2 Å². The Morgan fingerprint density at radius 2 is 1.87 bits per heavy atom. The minimum Gasteiger partial charge on any atom is -0.492 e. The van der Waals surface area contributed by atoms with Gasteiger partial charge in [-0.1, -0.05) is 0 Å². The van der Waals surface area contributed by atoms with Crippen molar-refractivity contribution in [1.29, 1.82) is 0 Å². The Kier molecular flexibility index (Phi) is 11.7. The highest BCUT2D eigenvalue weighted by Gasteiger charge is 2.53. The van der Waals surface area contributed by atoms with Gasteiger partial charge in [-0.2, -0.15) is 0 Å². The van der Waals surface area contributed by atoms with Crippen molar-refractivity contribution in [2.45, 2.75) is 86.3 Å². The average Bonchev–Trinajstić information content (AvgIpc) is 2.87. The second kappa shape index (κ2) is 14.1. The summed E-state index contributed by atoms with van der Waals surface area (Å²) in [6, 6.07) is -3.10. The molecule has 1 unspecified atom stereocenters. The quantitative estimate of drug-likeness (QED) is 0.102. The van der Waals surface area contributed by atoms with E-state index >= 15 is 0 Å². The predicted molar refractivity (Wildman–Crippen MR) is 137 cm³/mol. The molecule has 11 atom stereocenters. The molecule has 38 heavy (non-hydrogen) atoms. The summed E-state index contributed by atoms with van der Waals surface area (Å²) in [7, 11) is 1.61. The Morgan fingerprint density at radius 1 is 1.16 bits per heavy atom. The third-order valence-corrected chi connectivity index (χ3v) is 7.77. The second-order valence-corrected chi connectivity index (χ2v) is 10.7. The number of aliphatic hydroxyl groups excluding tert-OH is 5. The molecule has 1 aliphatic carbocycles. The highest BCUT2D eigenvalue weighted by molar-refractivity contribution is 5.10. The van der Waals surface area contributed by atoms with E-state index in [1.165, 1.54) is 6.92 Å². The van der Waals surface area contributed by atoms with E-state index in [1.807, 2.05) is 6.08 Å². The summed E-state index contributed by atoms with van der Waals surface area (Å²) in [6.45, 7) is 1.48. The Hall–Kier alpha value is -0.980. The molecule has 0 spiro atoms. The summed E-state index contributed by atoms with van der Waals surface area (Å²) in [5, 5.41) is 70.6. The fourth-order valence-corrected chi connectivity index (χ4v) is 5.74. The first-order valence-electron chi connectivity index (χ1n) is 13.3. The predicted octanol–water partition coefficient (Wildman–Crippen LogP) is -4.97. The van der Waals surface area contributed by atoms with Gasteiger partial charge in [-0.25, -0.2) is 0 Å². The zero-order valence-electron chi connectivity index (χ0n) is 22.1. The van der Waals surface area contributed by atoms with E-state index in [-0.39, 0.29) is 32.8 Å². The van der Waals surface area contributed by atoms with E-state index in [1.54, 1.807) is 7.05 Å². The summed E-state index contributed by atoms with van der Waals surface area (Å²) in [4.78, 5) is 0. The minimum atomic E-state index is -1.35. The zero-order valence-corrected chi connectivity index (χ0v) is 22.1. The molecular formula is C24H47N5O9. The Bertz CT molecular complexity index is 759. The number of nitrogens with one attached hydrogen (secondary N) is 3. The average molecular weight is 550 g/mol. The summed E-state index contributed by atoms with van der Waals surface area (Å²) in [5.74, 6) is -0.0201. The molecule has 0 aromatic carbocycles. The molecule has 3 aliphatic rings. The molecule has 2 heterocycles. The number of hydrogen-bond donors (Lipinski definition) is 11. The van der Waals surface area contributed by atoms with Gasteiger partial charge < -0.3 is 72.3 Å². The van der Waals surface area contributed by atoms with Gasteiger partial charge >= 0.3 is 0 Å². The van der Waals surface area contributed by atoms with Gasteiger partial charge in [-0.05, 0) is 32.9 Å². The normalized spacial score (nSPS) is 42.1. The van der Waals surface area contributed by atoms with Crippen molar-refractivity contribution in [3.63, 3.8) is 0 Å². The molecule has 0 aromatic heterocycles. The highest BCUT2D eigenvalue weighted by Crippen LogP contribution is 2.36. The van der Waals surface area contributed by atoms with E-state index in [0.717, 1.165) is 0 Å². The molecule has 0 bridgehead atoms. The molecule has 222 valence electrons. The van der Waals surface area contributed by atoms with Crippen LogP contribution in [0.1, 0.15) is 19.8 Å². The first-order valence-corrected chi connectivity index (χ1v) is 13.3. The third kappa shape index (κ3) is 7.20. The number of hydrogen-bond acceptors (Lipinski definition) is 14. The van der Waals surface area contributed by atoms with Gasteiger partial charge in [-0.15, -0.1) is 0 Å². The monoisotopic (exact) mass is 549 g/mol. The summed E-state index contributed by atoms with van der Waals surface area (Å²) >= 11 is 0. The Balaban J connectivity index is 1.83. The maximum atomic E-state index is 11.7. The lowest BCUT2D eigenvalue weighted by Gasteiger charge is -2.51. The van der Waals surface area contributed by atoms with Gasteiger partial charge in [0.2, 0.25) is 0 Å². The topological polar surface area (TPSA) is 237 Å². The van der Waals surface area contributed by atoms with E-state index in [9.17, 15) is 25.5 Å². The van der Waals surface area contributed by atoms with Crippen LogP contribution in [0, 0.1) is 5.92 Å². The van der Waals surface area contributed by atoms with Crippen LogP contribution in [0.2, 0.25) is 0 Å². The molecule has 0 radical (unpaired) electrons. The molecule has 14 heteroatoms. The van der Waals surface area contributed by atoms with E-state index in [2.05, 4.69) is 16.0 Å². The van der Waals surface area contributed by atoms with Gasteiger partial charge in [0, 0.05) is 30.6 Å². The lowest BCUT2D eigenvalue weighted by Crippen LogP contribution is -2.69. The van der Waals surface area contributed by atoms with Gasteiger partial charge in [0.25, 0.3) is 0 Å². The number of nitrogens with two attached hydrogens (primary N) is 2. The number of aliphatic hydroxyl groups is 6. The number of ether oxygens (including phenoxy) is 3. The van der Waals surface area contributed by atoms with Crippen molar-refractivity contribution in [3.05, 3.63) is 11.8 Å². The van der Waals surface area contributed by atoms with Crippen molar-refractivity contribution in [2.24, 2.45) is 17.4 Å². The van der Waals surface area contributed by atoms with Crippen molar-refractivity contribution in [2.75, 3.05) is 46.6 Å². The van der Waals surface area contributed by atoms with Crippen molar-refractivity contribution in [1.82, 2.24) is 16.0 Å². The summed E-state index contributed by atoms with van der Waals surface area (Å²) in [6.07, 6.45) is -2.65. The molecule has 2 fully saturated rings. The molecule has 3 rings (SSSR count). The maximum absolute atomic E-state index is 11.7. The smallest absolute Gasteiger partial charge is 0.185 e. The first-order chi connectivity index (χ1) is 18.1. The van der Waals surface area contributed by atoms with Gasteiger partial charge in [-0.3, -0.25) is 0 Å². The van der Waals surface area contributed by atoms with Crippen LogP contribution in [0.5, 0.6) is 0 Å². The van der Waals surface area contributed by atoms with Crippen molar-refractivity contribution < 1.29 is 44.8 Å². The fourth-order valence-electron chi connectivity index (χ4n) is 5.74. The van der Waals surface area contributed by atoms with Gasteiger partial charge in [0.05, 0.1) is 51.2 Å². The van der Waals surface area contributed by atoms with Crippen LogP contribution in [-0.4, -0.2) is 144 Å². The van der Waals surface area contributed by atoms with Crippen molar-refractivity contribution in [3.8, 4) is 0 Å². The van der Waals surface area contributed by atoms with Crippen LogP contribution in [0.25, 0.3) is 0 Å². The van der Waals surface area contributed by atoms with Gasteiger partial charge in [0.15, 0.2) is 6.29 Å². The second-order valence-electron chi connectivity index (χ2n) is 10.7. The van der Waals surface area contributed by atoms with E-state index in [4.69, 9.17) is 30.8 Å². The van der Waals surface area contributed by atoms with Crippen LogP contribution < -0.4 is 27.4 Å². The standard InChI is InChI=1S/C24H47N5O9/c1-24(35)11-36-23(19(34)22(24)27-2)38-21-16(29-12(9-31)10-32)7-15(26)17(18(21)33)20-14(25)4-3-13(37-20)8-28-5-6-30/h3,12,14-23,27-35H,4-11,25-26H2,1-2H3/t14-,15+,16-,17?,18+,19-,20+,21+,22-,23-,24+/m1/s1. The third-order valence-electron chi connectivity index (χ3n) is 7.77. The molecule has 1 saturated carbocycles. The molecule has 0 aromatic rings. The van der Waals surface area contributed by atoms with E-state index < -0.39 is 72.4 Å². The lowest BCUT2D eigenvalue weighted by atomic mass is 9.72. The van der Waals surface area contributed by atoms with Crippen LogP contribution in [0.15, 0.2) is 11.8 Å². The molecule has 2 aliphatic heterocycles. The fraction of sp³-hybridized carbons (Fsp3) is 0.917. The molecule has 14 nitrogen and oxygen atoms in total. The Labute approximate surface area is 223 Å². The molecule has 1 saturated heterocycles. The first kappa shape index (κ1) is 31.5. The van der Waals surface area contributed by atoms with E-state index in [0.29, 0.717) is 25.3 Å². The summed E-state index contributed by atoms with van der Waals surface area (Å²) < 4.78 is 18.0. The molecule has 0 amide bonds. The Morgan fingerprint density at radius 3 is 2.50 bits per heavy atom. The van der Waals surface area contributed by atoms with Gasteiger partial charge in [0.1, 0.15) is 29.7 Å². The van der Waals surface area contributed by atoms with Crippen LogP contribution in [0.4, 0.5) is 0 Å². The van der Waals surface area contributed by atoms with Crippen LogP contribution in [0.3, 0.4) is 0 Å². The maximum Gasteiger partial charge on any atom is 0.185 e. The zero-order chi connectivity index (χ0) is 28.0. The lowest BCUT2D eigenvalue weighted by molar-refractivity contribution is -0.298. The minimum absolute atomic E-state index is 0.0164. The molecular weight excluding hydrogens is 502 g/mol. The largest absolute Gasteiger partial charge is 0.492 e. The highest BCUT2D eigenvalue weighted by atomic mass is 16.7.